The van der Waals surface area contributed by atoms with E-state index in [2.05, 4.69) is 48.5 Å². The number of nitrogens with zero attached hydrogens (tertiary/aromatic N) is 2. The summed E-state index contributed by atoms with van der Waals surface area (Å²) in [6.45, 7) is 0. The summed E-state index contributed by atoms with van der Waals surface area (Å²) in [6.07, 6.45) is 2.14. The van der Waals surface area contributed by atoms with Crippen molar-refractivity contribution in [2.75, 3.05) is 0 Å². The average molecular weight is 471 g/mol. The maximum atomic E-state index is 13.6. The van der Waals surface area contributed by atoms with Crippen LogP contribution in [0.2, 0.25) is 5.15 Å². The monoisotopic (exact) mass is 470 g/mol. The fraction of sp³-hybridized carbons (Fsp3) is 0.231. The molecule has 0 radical (unpaired) electrons. The van der Waals surface area contributed by atoms with Crippen molar-refractivity contribution in [3.8, 4) is 11.4 Å². The van der Waals surface area contributed by atoms with Gasteiger partial charge in [0.25, 0.3) is 0 Å². The lowest BCUT2D eigenvalue weighted by molar-refractivity contribution is 0.504. The van der Waals surface area contributed by atoms with E-state index < -0.39 is 11.6 Å². The molecule has 0 spiro atoms. The molecule has 3 rings (SSSR count). The molecule has 1 aromatic heterocycles. The highest BCUT2D eigenvalue weighted by Crippen LogP contribution is 2.43. The Morgan fingerprint density at radius 2 is 1.95 bits per heavy atom. The van der Waals surface area contributed by atoms with E-state index in [1.54, 1.807) is 0 Å². The smallest absolute Gasteiger partial charge is 0.173 e. The van der Waals surface area contributed by atoms with Crippen molar-refractivity contribution < 1.29 is 8.78 Å². The van der Waals surface area contributed by atoms with Crippen LogP contribution in [0.3, 0.4) is 0 Å². The molecule has 1 saturated carbocycles. The summed E-state index contributed by atoms with van der Waals surface area (Å²) in [5.74, 6) is -1.17. The Balaban J connectivity index is 2.18. The van der Waals surface area contributed by atoms with Gasteiger partial charge in [-0.25, -0.2) is 18.7 Å². The van der Waals surface area contributed by atoms with Gasteiger partial charge in [0.1, 0.15) is 5.15 Å². The predicted molar refractivity (Wildman–Crippen MR) is 84.8 cm³/mol. The van der Waals surface area contributed by atoms with Crippen molar-refractivity contribution in [3.05, 3.63) is 42.7 Å². The van der Waals surface area contributed by atoms with Gasteiger partial charge in [0, 0.05) is 11.5 Å². The lowest BCUT2D eigenvalue weighted by atomic mass is 10.2. The Hall–Kier alpha value is -0.340. The standard InChI is InChI=1S/C13H7BrClF2IN2/c14-8-6(3-4-7(16)9(8)17)13-19-11(5-1-2-5)10(18)12(15)20-13/h3-5H,1-2H2. The Morgan fingerprint density at radius 1 is 1.25 bits per heavy atom. The maximum Gasteiger partial charge on any atom is 0.173 e. The van der Waals surface area contributed by atoms with Gasteiger partial charge >= 0.3 is 0 Å². The van der Waals surface area contributed by atoms with Crippen molar-refractivity contribution in [1.82, 2.24) is 9.97 Å². The van der Waals surface area contributed by atoms with Gasteiger partial charge in [-0.15, -0.1) is 0 Å². The summed E-state index contributed by atoms with van der Waals surface area (Å²) >= 11 is 11.3. The minimum absolute atomic E-state index is 0.0107. The van der Waals surface area contributed by atoms with E-state index in [1.165, 1.54) is 6.07 Å². The molecule has 0 atom stereocenters. The Kier molecular flexibility index (Phi) is 3.98. The first-order valence-electron chi connectivity index (χ1n) is 5.86. The summed E-state index contributed by atoms with van der Waals surface area (Å²) < 4.78 is 27.6. The topological polar surface area (TPSA) is 25.8 Å². The van der Waals surface area contributed by atoms with Crippen LogP contribution in [-0.4, -0.2) is 9.97 Å². The van der Waals surface area contributed by atoms with Crippen LogP contribution in [0.25, 0.3) is 11.4 Å². The lowest BCUT2D eigenvalue weighted by Crippen LogP contribution is -2.01. The second kappa shape index (κ2) is 5.46. The van der Waals surface area contributed by atoms with E-state index in [-0.39, 0.29) is 4.47 Å². The van der Waals surface area contributed by atoms with E-state index in [4.69, 9.17) is 11.6 Å². The van der Waals surface area contributed by atoms with Gasteiger partial charge in [0.05, 0.1) is 13.7 Å². The molecule has 2 nitrogen and oxygen atoms in total. The molecule has 1 aromatic carbocycles. The highest BCUT2D eigenvalue weighted by Gasteiger charge is 2.29. The molecular weight excluding hydrogens is 464 g/mol. The van der Waals surface area contributed by atoms with E-state index in [0.717, 1.165) is 28.2 Å². The van der Waals surface area contributed by atoms with Crippen LogP contribution in [0.15, 0.2) is 16.6 Å². The van der Waals surface area contributed by atoms with Crippen LogP contribution in [0.1, 0.15) is 24.5 Å². The SMILES string of the molecule is Fc1ccc(-c2nc(Cl)c(I)c(C3CC3)n2)c(Br)c1F. The zero-order valence-electron chi connectivity index (χ0n) is 9.93. The summed E-state index contributed by atoms with van der Waals surface area (Å²) in [7, 11) is 0. The molecule has 1 aliphatic carbocycles. The number of hydrogen-bond donors (Lipinski definition) is 0. The lowest BCUT2D eigenvalue weighted by Gasteiger charge is -2.09. The number of hydrogen-bond acceptors (Lipinski definition) is 2. The van der Waals surface area contributed by atoms with Crippen molar-refractivity contribution in [3.63, 3.8) is 0 Å². The second-order valence-corrected chi connectivity index (χ2v) is 6.76. The largest absolute Gasteiger partial charge is 0.232 e. The Labute approximate surface area is 141 Å². The van der Waals surface area contributed by atoms with Gasteiger partial charge < -0.3 is 0 Å². The molecule has 1 aliphatic rings. The van der Waals surface area contributed by atoms with E-state index in [0.29, 0.717) is 22.5 Å². The molecule has 1 fully saturated rings. The molecule has 0 amide bonds. The normalized spacial score (nSPS) is 14.7. The molecule has 20 heavy (non-hydrogen) atoms. The number of aromatic nitrogens is 2. The molecule has 0 aliphatic heterocycles. The van der Waals surface area contributed by atoms with Crippen LogP contribution in [0.5, 0.6) is 0 Å². The molecule has 0 bridgehead atoms. The van der Waals surface area contributed by atoms with E-state index in [1.807, 2.05) is 0 Å². The van der Waals surface area contributed by atoms with Crippen LogP contribution in [0.4, 0.5) is 8.78 Å². The van der Waals surface area contributed by atoms with Gasteiger partial charge in [-0.3, -0.25) is 0 Å². The van der Waals surface area contributed by atoms with Gasteiger partial charge in [-0.2, -0.15) is 0 Å². The van der Waals surface area contributed by atoms with E-state index in [9.17, 15) is 8.78 Å². The molecule has 104 valence electrons. The van der Waals surface area contributed by atoms with Gasteiger partial charge in [-0.05, 0) is 63.5 Å². The first-order chi connectivity index (χ1) is 9.49. The van der Waals surface area contributed by atoms with Crippen LogP contribution < -0.4 is 0 Å². The third kappa shape index (κ3) is 2.57. The highest BCUT2D eigenvalue weighted by molar-refractivity contribution is 14.1. The molecule has 0 N–H and O–H groups in total. The number of benzene rings is 1. The van der Waals surface area contributed by atoms with Gasteiger partial charge in [0.2, 0.25) is 0 Å². The van der Waals surface area contributed by atoms with Gasteiger partial charge in [-0.1, -0.05) is 11.6 Å². The fourth-order valence-corrected chi connectivity index (χ4v) is 3.24. The molecule has 0 saturated heterocycles. The molecule has 7 heteroatoms. The second-order valence-electron chi connectivity index (χ2n) is 4.53. The Bertz CT molecular complexity index is 707. The zero-order chi connectivity index (χ0) is 14.4. The summed E-state index contributed by atoms with van der Waals surface area (Å²) in [4.78, 5) is 8.65. The maximum absolute atomic E-state index is 13.6. The first kappa shape index (κ1) is 14.6. The molecule has 0 unspecified atom stereocenters. The summed E-state index contributed by atoms with van der Waals surface area (Å²) in [5, 5.41) is 0.342. The highest BCUT2D eigenvalue weighted by atomic mass is 127. The number of halogens is 5. The van der Waals surface area contributed by atoms with Crippen LogP contribution in [-0.2, 0) is 0 Å². The van der Waals surface area contributed by atoms with Crippen molar-refractivity contribution in [2.24, 2.45) is 0 Å². The van der Waals surface area contributed by atoms with Crippen LogP contribution >= 0.6 is 50.1 Å². The summed E-state index contributed by atoms with van der Waals surface area (Å²) in [5.41, 5.74) is 1.28. The van der Waals surface area contributed by atoms with Crippen molar-refractivity contribution in [1.29, 1.82) is 0 Å². The fourth-order valence-electron chi connectivity index (χ4n) is 1.88. The van der Waals surface area contributed by atoms with Crippen molar-refractivity contribution >= 4 is 50.1 Å². The van der Waals surface area contributed by atoms with E-state index >= 15 is 0 Å². The first-order valence-corrected chi connectivity index (χ1v) is 8.10. The molecular formula is C13H7BrClF2IN2. The van der Waals surface area contributed by atoms with Crippen LogP contribution in [0, 0.1) is 15.2 Å². The summed E-state index contributed by atoms with van der Waals surface area (Å²) in [6, 6.07) is 2.50. The quantitative estimate of drug-likeness (QED) is 0.337. The zero-order valence-corrected chi connectivity index (χ0v) is 14.4. The van der Waals surface area contributed by atoms with Crippen molar-refractivity contribution in [2.45, 2.75) is 18.8 Å². The third-order valence-corrected chi connectivity index (χ3v) is 5.51. The van der Waals surface area contributed by atoms with Gasteiger partial charge in [0.15, 0.2) is 17.5 Å². The molecule has 1 heterocycles. The number of rotatable bonds is 2. The predicted octanol–water partition coefficient (Wildman–Crippen LogP) is 5.32. The Morgan fingerprint density at radius 3 is 2.60 bits per heavy atom. The minimum atomic E-state index is -0.950. The average Bonchev–Trinajstić information content (AvgIpc) is 3.24. The molecule has 2 aromatic rings. The minimum Gasteiger partial charge on any atom is -0.232 e. The third-order valence-electron chi connectivity index (χ3n) is 3.08.